The summed E-state index contributed by atoms with van der Waals surface area (Å²) in [7, 11) is 1.95. The van der Waals surface area contributed by atoms with E-state index in [0.29, 0.717) is 0 Å². The molecule has 0 saturated carbocycles. The van der Waals surface area contributed by atoms with Gasteiger partial charge in [-0.3, -0.25) is 4.68 Å². The highest BCUT2D eigenvalue weighted by atomic mass is 15.3. The Balaban J connectivity index is 1.88. The van der Waals surface area contributed by atoms with Crippen LogP contribution in [-0.2, 0) is 26.7 Å². The second kappa shape index (κ2) is 5.82. The molecule has 5 nitrogen and oxygen atoms in total. The Morgan fingerprint density at radius 3 is 2.83 bits per heavy atom. The molecule has 0 amide bonds. The van der Waals surface area contributed by atoms with Gasteiger partial charge in [0.15, 0.2) is 0 Å². The van der Waals surface area contributed by atoms with Gasteiger partial charge in [0.1, 0.15) is 0 Å². The van der Waals surface area contributed by atoms with Crippen molar-refractivity contribution in [1.82, 2.24) is 24.6 Å². The third kappa shape index (κ3) is 2.98. The molecular formula is C13H21N5. The molecule has 5 heteroatoms. The van der Waals surface area contributed by atoms with E-state index in [9.17, 15) is 0 Å². The first-order chi connectivity index (χ1) is 8.70. The molecule has 0 aromatic carbocycles. The van der Waals surface area contributed by atoms with Crippen LogP contribution in [0.2, 0.25) is 0 Å². The summed E-state index contributed by atoms with van der Waals surface area (Å²) >= 11 is 0. The molecule has 18 heavy (non-hydrogen) atoms. The minimum atomic E-state index is 0.842. The molecule has 0 saturated heterocycles. The highest BCUT2D eigenvalue weighted by molar-refractivity contribution is 5.15. The molecule has 0 bridgehead atoms. The summed E-state index contributed by atoms with van der Waals surface area (Å²) in [4.78, 5) is 4.19. The molecule has 1 N–H and O–H groups in total. The quantitative estimate of drug-likeness (QED) is 0.844. The zero-order valence-electron chi connectivity index (χ0n) is 11.3. The lowest BCUT2D eigenvalue weighted by atomic mass is 10.2. The third-order valence-corrected chi connectivity index (χ3v) is 3.00. The van der Waals surface area contributed by atoms with Crippen molar-refractivity contribution < 1.29 is 0 Å². The van der Waals surface area contributed by atoms with Crippen molar-refractivity contribution >= 4 is 0 Å². The molecule has 0 unspecified atom stereocenters. The molecule has 0 fully saturated rings. The van der Waals surface area contributed by atoms with Crippen molar-refractivity contribution in [3.05, 3.63) is 35.7 Å². The highest BCUT2D eigenvalue weighted by Gasteiger charge is 2.04. The summed E-state index contributed by atoms with van der Waals surface area (Å²) in [5.41, 5.74) is 3.57. The standard InChI is InChI=1S/C13H21N5/c1-4-5-18-10-15-8-13(18)7-14-6-12-9-17(3)16-11(12)2/h8-10,14H,4-7H2,1-3H3. The van der Waals surface area contributed by atoms with Crippen LogP contribution in [0.15, 0.2) is 18.7 Å². The zero-order chi connectivity index (χ0) is 13.0. The van der Waals surface area contributed by atoms with Gasteiger partial charge < -0.3 is 9.88 Å². The van der Waals surface area contributed by atoms with E-state index in [-0.39, 0.29) is 0 Å². The molecule has 0 aliphatic heterocycles. The van der Waals surface area contributed by atoms with E-state index in [1.807, 2.05) is 31.2 Å². The SMILES string of the molecule is CCCn1cncc1CNCc1cn(C)nc1C. The minimum Gasteiger partial charge on any atom is -0.333 e. The van der Waals surface area contributed by atoms with Crippen molar-refractivity contribution in [1.29, 1.82) is 0 Å². The number of nitrogens with one attached hydrogen (secondary N) is 1. The second-order valence-electron chi connectivity index (χ2n) is 4.60. The highest BCUT2D eigenvalue weighted by Crippen LogP contribution is 2.05. The molecule has 2 heterocycles. The van der Waals surface area contributed by atoms with Crippen molar-refractivity contribution in [2.24, 2.45) is 7.05 Å². The van der Waals surface area contributed by atoms with E-state index < -0.39 is 0 Å². The lowest BCUT2D eigenvalue weighted by Crippen LogP contribution is -2.16. The molecule has 98 valence electrons. The van der Waals surface area contributed by atoms with Crippen molar-refractivity contribution in [3.8, 4) is 0 Å². The minimum absolute atomic E-state index is 0.842. The van der Waals surface area contributed by atoms with Gasteiger partial charge in [0.25, 0.3) is 0 Å². The first kappa shape index (κ1) is 12.8. The van der Waals surface area contributed by atoms with Gasteiger partial charge in [0.2, 0.25) is 0 Å². The van der Waals surface area contributed by atoms with Crippen LogP contribution in [0.4, 0.5) is 0 Å². The van der Waals surface area contributed by atoms with Gasteiger partial charge in [-0.15, -0.1) is 0 Å². The van der Waals surface area contributed by atoms with Gasteiger partial charge in [0, 0.05) is 44.6 Å². The fraction of sp³-hybridized carbons (Fsp3) is 0.538. The van der Waals surface area contributed by atoms with Gasteiger partial charge in [-0.1, -0.05) is 6.92 Å². The van der Waals surface area contributed by atoms with Crippen molar-refractivity contribution in [2.75, 3.05) is 0 Å². The third-order valence-electron chi connectivity index (χ3n) is 3.00. The summed E-state index contributed by atoms with van der Waals surface area (Å²) in [6.45, 7) is 6.93. The smallest absolute Gasteiger partial charge is 0.0948 e. The predicted octanol–water partition coefficient (Wildman–Crippen LogP) is 1.62. The molecule has 0 spiro atoms. The van der Waals surface area contributed by atoms with Crippen LogP contribution in [0.25, 0.3) is 0 Å². The molecule has 2 rings (SSSR count). The topological polar surface area (TPSA) is 47.7 Å². The lowest BCUT2D eigenvalue weighted by molar-refractivity contribution is 0.600. The first-order valence-electron chi connectivity index (χ1n) is 6.39. The normalized spacial score (nSPS) is 11.1. The number of aryl methyl sites for hydroxylation is 3. The van der Waals surface area contributed by atoms with Crippen LogP contribution in [0.3, 0.4) is 0 Å². The Morgan fingerprint density at radius 1 is 1.33 bits per heavy atom. The Kier molecular flexibility index (Phi) is 4.15. The average Bonchev–Trinajstić information content (AvgIpc) is 2.88. The van der Waals surface area contributed by atoms with Gasteiger partial charge in [0.05, 0.1) is 17.7 Å². The largest absolute Gasteiger partial charge is 0.333 e. The van der Waals surface area contributed by atoms with Crippen LogP contribution in [0.5, 0.6) is 0 Å². The monoisotopic (exact) mass is 247 g/mol. The van der Waals surface area contributed by atoms with E-state index in [2.05, 4.69) is 33.1 Å². The van der Waals surface area contributed by atoms with Crippen LogP contribution in [0, 0.1) is 6.92 Å². The van der Waals surface area contributed by atoms with Crippen LogP contribution in [0.1, 0.15) is 30.3 Å². The molecule has 0 aliphatic carbocycles. The van der Waals surface area contributed by atoms with Crippen LogP contribution < -0.4 is 5.32 Å². The number of nitrogens with zero attached hydrogens (tertiary/aromatic N) is 4. The molecule has 0 atom stereocenters. The number of hydrogen-bond donors (Lipinski definition) is 1. The summed E-state index contributed by atoms with van der Waals surface area (Å²) in [5, 5.41) is 7.78. The van der Waals surface area contributed by atoms with E-state index in [0.717, 1.165) is 31.7 Å². The summed E-state index contributed by atoms with van der Waals surface area (Å²) in [6.07, 6.45) is 7.02. The van der Waals surface area contributed by atoms with Crippen LogP contribution in [-0.4, -0.2) is 19.3 Å². The van der Waals surface area contributed by atoms with Gasteiger partial charge >= 0.3 is 0 Å². The molecule has 2 aromatic heterocycles. The Labute approximate surface area is 108 Å². The Morgan fingerprint density at radius 2 is 2.17 bits per heavy atom. The molecule has 0 radical (unpaired) electrons. The molecule has 2 aromatic rings. The van der Waals surface area contributed by atoms with Gasteiger partial charge in [-0.05, 0) is 13.3 Å². The fourth-order valence-electron chi connectivity index (χ4n) is 2.09. The molecule has 0 aliphatic rings. The number of aromatic nitrogens is 4. The van der Waals surface area contributed by atoms with E-state index >= 15 is 0 Å². The van der Waals surface area contributed by atoms with Gasteiger partial charge in [-0.25, -0.2) is 4.98 Å². The summed E-state index contributed by atoms with van der Waals surface area (Å²) < 4.78 is 4.05. The number of hydrogen-bond acceptors (Lipinski definition) is 3. The van der Waals surface area contributed by atoms with E-state index in [4.69, 9.17) is 0 Å². The maximum Gasteiger partial charge on any atom is 0.0948 e. The maximum absolute atomic E-state index is 4.33. The maximum atomic E-state index is 4.33. The Hall–Kier alpha value is -1.62. The fourth-order valence-corrected chi connectivity index (χ4v) is 2.09. The van der Waals surface area contributed by atoms with Crippen molar-refractivity contribution in [2.45, 2.75) is 39.9 Å². The second-order valence-corrected chi connectivity index (χ2v) is 4.60. The predicted molar refractivity (Wildman–Crippen MR) is 71.0 cm³/mol. The van der Waals surface area contributed by atoms with Crippen molar-refractivity contribution in [3.63, 3.8) is 0 Å². The van der Waals surface area contributed by atoms with E-state index in [1.54, 1.807) is 0 Å². The summed E-state index contributed by atoms with van der Waals surface area (Å²) in [6, 6.07) is 0. The average molecular weight is 247 g/mol. The number of imidazole rings is 1. The number of rotatable bonds is 6. The first-order valence-corrected chi connectivity index (χ1v) is 6.39. The van der Waals surface area contributed by atoms with Gasteiger partial charge in [-0.2, -0.15) is 5.10 Å². The Bertz CT molecular complexity index is 497. The lowest BCUT2D eigenvalue weighted by Gasteiger charge is -2.07. The van der Waals surface area contributed by atoms with E-state index in [1.165, 1.54) is 11.3 Å². The van der Waals surface area contributed by atoms with Crippen LogP contribution >= 0.6 is 0 Å². The molecular weight excluding hydrogens is 226 g/mol. The zero-order valence-corrected chi connectivity index (χ0v) is 11.3. The summed E-state index contributed by atoms with van der Waals surface area (Å²) in [5.74, 6) is 0.